The summed E-state index contributed by atoms with van der Waals surface area (Å²) in [4.78, 5) is 14.6. The standard InChI is InChI=1S/C25H32N4O2.ClH/c1-17(2)29-22-5-3-4-20(23(22)24(27-29)25(26)31)16-19-11-14-28(15-12-19)13-10-18-6-8-21(30)9-7-18;/h3-9,17,19,30H,10-16H2,1-2H3,(H2,26,31);1H. The molecule has 1 aromatic heterocycles. The van der Waals surface area contributed by atoms with Gasteiger partial charge in [-0.05, 0) is 87.9 Å². The van der Waals surface area contributed by atoms with Gasteiger partial charge in [-0.25, -0.2) is 0 Å². The summed E-state index contributed by atoms with van der Waals surface area (Å²) in [5.74, 6) is 0.456. The van der Waals surface area contributed by atoms with Crippen molar-refractivity contribution >= 4 is 29.2 Å². The summed E-state index contributed by atoms with van der Waals surface area (Å²) >= 11 is 0. The molecule has 6 nitrogen and oxygen atoms in total. The second-order valence-corrected chi connectivity index (χ2v) is 8.97. The molecule has 1 amide bonds. The average Bonchev–Trinajstić information content (AvgIpc) is 3.16. The highest BCUT2D eigenvalue weighted by Crippen LogP contribution is 2.30. The number of nitrogens with two attached hydrogens (primary N) is 1. The van der Waals surface area contributed by atoms with E-state index in [0.717, 1.165) is 56.2 Å². The Morgan fingerprint density at radius 3 is 2.47 bits per heavy atom. The second kappa shape index (κ2) is 10.4. The van der Waals surface area contributed by atoms with Crippen LogP contribution in [0.25, 0.3) is 10.9 Å². The minimum absolute atomic E-state index is 0. The van der Waals surface area contributed by atoms with E-state index in [1.165, 1.54) is 11.1 Å². The molecule has 2 heterocycles. The number of hydrogen-bond acceptors (Lipinski definition) is 4. The second-order valence-electron chi connectivity index (χ2n) is 8.97. The third-order valence-corrected chi connectivity index (χ3v) is 6.41. The lowest BCUT2D eigenvalue weighted by Gasteiger charge is -2.32. The lowest BCUT2D eigenvalue weighted by Crippen LogP contribution is -2.35. The summed E-state index contributed by atoms with van der Waals surface area (Å²) in [5, 5.41) is 14.9. The fourth-order valence-electron chi connectivity index (χ4n) is 4.67. The van der Waals surface area contributed by atoms with Gasteiger partial charge in [0.05, 0.1) is 5.52 Å². The van der Waals surface area contributed by atoms with Crippen LogP contribution in [0.3, 0.4) is 0 Å². The molecule has 0 atom stereocenters. The number of amides is 1. The predicted molar refractivity (Wildman–Crippen MR) is 131 cm³/mol. The molecule has 172 valence electrons. The van der Waals surface area contributed by atoms with Crippen LogP contribution >= 0.6 is 12.4 Å². The van der Waals surface area contributed by atoms with Gasteiger partial charge in [-0.15, -0.1) is 12.4 Å². The molecule has 0 radical (unpaired) electrons. The van der Waals surface area contributed by atoms with Crippen LogP contribution in [-0.2, 0) is 12.8 Å². The van der Waals surface area contributed by atoms with Crippen molar-refractivity contribution in [3.8, 4) is 5.75 Å². The van der Waals surface area contributed by atoms with Gasteiger partial charge in [0.2, 0.25) is 0 Å². The highest BCUT2D eigenvalue weighted by molar-refractivity contribution is 6.05. The van der Waals surface area contributed by atoms with Crippen molar-refractivity contribution in [1.82, 2.24) is 14.7 Å². The third kappa shape index (κ3) is 5.25. The first-order valence-corrected chi connectivity index (χ1v) is 11.2. The van der Waals surface area contributed by atoms with Crippen molar-refractivity contribution in [3.05, 3.63) is 59.3 Å². The average molecular weight is 457 g/mol. The minimum Gasteiger partial charge on any atom is -0.508 e. The molecule has 1 aliphatic rings. The lowest BCUT2D eigenvalue weighted by molar-refractivity contribution is 0.0996. The molecule has 0 aliphatic carbocycles. The molecular formula is C25H33ClN4O2. The van der Waals surface area contributed by atoms with Crippen LogP contribution < -0.4 is 5.73 Å². The third-order valence-electron chi connectivity index (χ3n) is 6.41. The molecule has 1 fully saturated rings. The minimum atomic E-state index is -0.457. The number of aromatic nitrogens is 2. The highest BCUT2D eigenvalue weighted by Gasteiger charge is 2.23. The fraction of sp³-hybridized carbons (Fsp3) is 0.440. The Kier molecular flexibility index (Phi) is 7.80. The Labute approximate surface area is 195 Å². The van der Waals surface area contributed by atoms with Gasteiger partial charge in [0, 0.05) is 18.0 Å². The van der Waals surface area contributed by atoms with Gasteiger partial charge >= 0.3 is 0 Å². The quantitative estimate of drug-likeness (QED) is 0.553. The Balaban J connectivity index is 0.00000289. The van der Waals surface area contributed by atoms with Crippen molar-refractivity contribution in [2.24, 2.45) is 11.7 Å². The number of rotatable bonds is 7. The van der Waals surface area contributed by atoms with Crippen LogP contribution in [0.2, 0.25) is 0 Å². The summed E-state index contributed by atoms with van der Waals surface area (Å²) in [6, 6.07) is 13.9. The van der Waals surface area contributed by atoms with Gasteiger partial charge < -0.3 is 15.7 Å². The normalized spacial score (nSPS) is 15.2. The van der Waals surface area contributed by atoms with Gasteiger partial charge in [-0.3, -0.25) is 9.48 Å². The summed E-state index contributed by atoms with van der Waals surface area (Å²) < 4.78 is 1.91. The Hall–Kier alpha value is -2.57. The number of carbonyl (C=O) groups excluding carboxylic acids is 1. The Morgan fingerprint density at radius 2 is 1.84 bits per heavy atom. The molecule has 0 unspecified atom stereocenters. The van der Waals surface area contributed by atoms with Gasteiger partial charge in [0.25, 0.3) is 5.91 Å². The van der Waals surface area contributed by atoms with Crippen molar-refractivity contribution in [2.75, 3.05) is 19.6 Å². The first-order valence-electron chi connectivity index (χ1n) is 11.2. The predicted octanol–water partition coefficient (Wildman–Crippen LogP) is 4.34. The largest absolute Gasteiger partial charge is 0.508 e. The van der Waals surface area contributed by atoms with Gasteiger partial charge in [-0.1, -0.05) is 24.3 Å². The highest BCUT2D eigenvalue weighted by atomic mass is 35.5. The number of fused-ring (bicyclic) bond motifs is 1. The molecule has 1 aliphatic heterocycles. The number of likely N-dealkylation sites (tertiary alicyclic amines) is 1. The number of halogens is 1. The van der Waals surface area contributed by atoms with Crippen molar-refractivity contribution in [2.45, 2.75) is 45.6 Å². The van der Waals surface area contributed by atoms with E-state index in [2.05, 4.69) is 36.0 Å². The summed E-state index contributed by atoms with van der Waals surface area (Å²) in [7, 11) is 0. The van der Waals surface area contributed by atoms with E-state index in [0.29, 0.717) is 17.4 Å². The number of primary amides is 1. The molecule has 7 heteroatoms. The topological polar surface area (TPSA) is 84.4 Å². The zero-order valence-electron chi connectivity index (χ0n) is 18.8. The number of hydrogen-bond donors (Lipinski definition) is 2. The first kappa shape index (κ1) is 24.1. The van der Waals surface area contributed by atoms with E-state index in [9.17, 15) is 9.90 Å². The summed E-state index contributed by atoms with van der Waals surface area (Å²) in [6.07, 6.45) is 4.25. The van der Waals surface area contributed by atoms with Gasteiger partial charge in [-0.2, -0.15) is 5.10 Å². The van der Waals surface area contributed by atoms with Crippen LogP contribution in [-0.4, -0.2) is 45.3 Å². The molecule has 0 bridgehead atoms. The molecular weight excluding hydrogens is 424 g/mol. The van der Waals surface area contributed by atoms with Crippen molar-refractivity contribution in [3.63, 3.8) is 0 Å². The number of phenols is 1. The van der Waals surface area contributed by atoms with Crippen LogP contribution in [0.4, 0.5) is 0 Å². The van der Waals surface area contributed by atoms with E-state index in [-0.39, 0.29) is 18.4 Å². The SMILES string of the molecule is CC(C)n1nc(C(N)=O)c2c(CC3CCN(CCc4ccc(O)cc4)CC3)cccc21.Cl. The molecule has 3 N–H and O–H groups in total. The van der Waals surface area contributed by atoms with E-state index in [1.54, 1.807) is 12.1 Å². The zero-order chi connectivity index (χ0) is 22.0. The summed E-state index contributed by atoms with van der Waals surface area (Å²) in [6.45, 7) is 7.36. The van der Waals surface area contributed by atoms with Gasteiger partial charge in [0.1, 0.15) is 5.75 Å². The number of benzene rings is 2. The zero-order valence-corrected chi connectivity index (χ0v) is 19.6. The van der Waals surface area contributed by atoms with Crippen LogP contribution in [0.1, 0.15) is 54.3 Å². The molecule has 3 aromatic rings. The van der Waals surface area contributed by atoms with Crippen molar-refractivity contribution in [1.29, 1.82) is 0 Å². The number of phenolic OH excluding ortho intramolecular Hbond substituents is 1. The number of piperidine rings is 1. The van der Waals surface area contributed by atoms with E-state index >= 15 is 0 Å². The maximum absolute atomic E-state index is 12.1. The van der Waals surface area contributed by atoms with Crippen LogP contribution in [0.15, 0.2) is 42.5 Å². The van der Waals surface area contributed by atoms with E-state index in [4.69, 9.17) is 5.73 Å². The number of aromatic hydroxyl groups is 1. The Morgan fingerprint density at radius 1 is 1.16 bits per heavy atom. The van der Waals surface area contributed by atoms with Crippen LogP contribution in [0, 0.1) is 5.92 Å². The number of nitrogens with zero attached hydrogens (tertiary/aromatic N) is 3. The van der Waals surface area contributed by atoms with Gasteiger partial charge in [0.15, 0.2) is 5.69 Å². The molecule has 1 saturated heterocycles. The monoisotopic (exact) mass is 456 g/mol. The molecule has 2 aromatic carbocycles. The molecule has 0 spiro atoms. The Bertz CT molecular complexity index is 1050. The molecule has 4 rings (SSSR count). The molecule has 0 saturated carbocycles. The smallest absolute Gasteiger partial charge is 0.269 e. The van der Waals surface area contributed by atoms with Crippen molar-refractivity contribution < 1.29 is 9.90 Å². The fourth-order valence-corrected chi connectivity index (χ4v) is 4.67. The van der Waals surface area contributed by atoms with E-state index < -0.39 is 5.91 Å². The summed E-state index contributed by atoms with van der Waals surface area (Å²) in [5.41, 5.74) is 9.49. The maximum Gasteiger partial charge on any atom is 0.269 e. The van der Waals surface area contributed by atoms with Crippen LogP contribution in [0.5, 0.6) is 5.75 Å². The first-order chi connectivity index (χ1) is 14.9. The molecule has 32 heavy (non-hydrogen) atoms. The maximum atomic E-state index is 12.1. The van der Waals surface area contributed by atoms with E-state index in [1.807, 2.05) is 22.9 Å². The number of carbonyl (C=O) groups is 1. The lowest BCUT2D eigenvalue weighted by atomic mass is 9.88.